The van der Waals surface area contributed by atoms with E-state index < -0.39 is 39.9 Å². The molecular weight excluding hydrogens is 659 g/mol. The van der Waals surface area contributed by atoms with Gasteiger partial charge in [-0.15, -0.1) is 0 Å². The van der Waals surface area contributed by atoms with E-state index in [1.165, 1.54) is 23.8 Å². The summed E-state index contributed by atoms with van der Waals surface area (Å²) in [6.07, 6.45) is 2.61. The minimum Gasteiger partial charge on any atom is -0.506 e. The lowest BCUT2D eigenvalue weighted by Gasteiger charge is -2.33. The van der Waals surface area contributed by atoms with Crippen molar-refractivity contribution < 1.29 is 41.8 Å². The van der Waals surface area contributed by atoms with E-state index in [4.69, 9.17) is 4.74 Å². The summed E-state index contributed by atoms with van der Waals surface area (Å²) in [6, 6.07) is 13.4. The summed E-state index contributed by atoms with van der Waals surface area (Å²) < 4.78 is 47.8. The highest BCUT2D eigenvalue weighted by atomic mass is 32.2. The van der Waals surface area contributed by atoms with Crippen molar-refractivity contribution in [1.29, 1.82) is 0 Å². The number of aromatic hydroxyl groups is 1. The summed E-state index contributed by atoms with van der Waals surface area (Å²) >= 11 is 0. The summed E-state index contributed by atoms with van der Waals surface area (Å²) in [4.78, 5) is 52.0. The van der Waals surface area contributed by atoms with Crippen LogP contribution in [0, 0.1) is 5.82 Å². The Kier molecular flexibility index (Phi) is 9.61. The zero-order valence-corrected chi connectivity index (χ0v) is 27.6. The van der Waals surface area contributed by atoms with Gasteiger partial charge in [0.15, 0.2) is 5.82 Å². The van der Waals surface area contributed by atoms with Gasteiger partial charge in [-0.25, -0.2) is 13.4 Å². The van der Waals surface area contributed by atoms with Crippen LogP contribution in [0.3, 0.4) is 0 Å². The zero-order chi connectivity index (χ0) is 34.9. The molecule has 0 radical (unpaired) electrons. The third-order valence-corrected chi connectivity index (χ3v) is 10.5. The Balaban J connectivity index is 0.950. The molecule has 1 unspecified atom stereocenters. The fourth-order valence-electron chi connectivity index (χ4n) is 6.54. The Bertz CT molecular complexity index is 1900. The molecule has 0 aliphatic carbocycles. The molecule has 3 aromatic carbocycles. The quantitative estimate of drug-likeness (QED) is 0.179. The van der Waals surface area contributed by atoms with Gasteiger partial charge < -0.3 is 20.1 Å². The standard InChI is InChI=1S/C33H37FN6O8S/c1-38(26-8-9-28(42)36-33(26)45)23-5-2-20(3-6-23)21-10-13-39(14-11-21)18-29(43)35-12-15-48-24-7-4-22-16-27(41)32(31(34)25(22)17-24)40-19-30(44)37-49(40,46)47/h2-7,16-17,21,26,41H,8-15,18-19H2,1H3,(H,35,43)(H,37,44)(H,36,42,45). The number of rotatable bonds is 10. The molecule has 6 rings (SSSR count). The Morgan fingerprint density at radius 1 is 1.06 bits per heavy atom. The second-order valence-corrected chi connectivity index (χ2v) is 14.0. The van der Waals surface area contributed by atoms with Crippen LogP contribution in [0.4, 0.5) is 15.8 Å². The van der Waals surface area contributed by atoms with Crippen molar-refractivity contribution in [2.24, 2.45) is 0 Å². The van der Waals surface area contributed by atoms with Crippen LogP contribution in [0.2, 0.25) is 0 Å². The molecule has 3 saturated heterocycles. The van der Waals surface area contributed by atoms with E-state index in [9.17, 15) is 32.7 Å². The third-order valence-electron chi connectivity index (χ3n) is 9.17. The van der Waals surface area contributed by atoms with Crippen molar-refractivity contribution in [2.45, 2.75) is 37.6 Å². The van der Waals surface area contributed by atoms with Crippen LogP contribution in [-0.4, -0.2) is 94.5 Å². The summed E-state index contributed by atoms with van der Waals surface area (Å²) in [5.41, 5.74) is 1.48. The number of nitrogens with one attached hydrogen (secondary N) is 3. The molecule has 4 amide bonds. The highest BCUT2D eigenvalue weighted by Gasteiger charge is 2.38. The van der Waals surface area contributed by atoms with E-state index >= 15 is 4.39 Å². The number of phenolic OH excluding ortho intramolecular Hbond substituents is 1. The van der Waals surface area contributed by atoms with Crippen LogP contribution in [0.25, 0.3) is 10.8 Å². The summed E-state index contributed by atoms with van der Waals surface area (Å²) in [6.45, 7) is 1.40. The van der Waals surface area contributed by atoms with Crippen molar-refractivity contribution in [3.8, 4) is 11.5 Å². The number of anilines is 2. The lowest BCUT2D eigenvalue weighted by atomic mass is 9.89. The van der Waals surface area contributed by atoms with Gasteiger partial charge in [-0.2, -0.15) is 8.42 Å². The molecule has 3 fully saturated rings. The molecule has 0 bridgehead atoms. The van der Waals surface area contributed by atoms with Crippen molar-refractivity contribution in [3.05, 3.63) is 59.9 Å². The molecule has 0 spiro atoms. The number of phenols is 1. The molecule has 260 valence electrons. The van der Waals surface area contributed by atoms with Crippen LogP contribution < -0.4 is 29.3 Å². The highest BCUT2D eigenvalue weighted by Crippen LogP contribution is 2.39. The lowest BCUT2D eigenvalue weighted by Crippen LogP contribution is -2.51. The normalized spacial score (nSPS) is 19.8. The molecule has 3 heterocycles. The molecule has 16 heteroatoms. The number of likely N-dealkylation sites (N-methyl/N-ethyl adjacent to an activating group) is 1. The second kappa shape index (κ2) is 13.9. The number of nitrogens with zero attached hydrogens (tertiary/aromatic N) is 3. The van der Waals surface area contributed by atoms with Gasteiger partial charge in [0.1, 0.15) is 36.4 Å². The van der Waals surface area contributed by atoms with E-state index in [2.05, 4.69) is 27.7 Å². The van der Waals surface area contributed by atoms with Crippen molar-refractivity contribution in [2.75, 3.05) is 55.6 Å². The molecule has 3 aromatic rings. The Labute approximate surface area is 282 Å². The Morgan fingerprint density at radius 2 is 1.80 bits per heavy atom. The van der Waals surface area contributed by atoms with Gasteiger partial charge in [0.25, 0.3) is 5.91 Å². The van der Waals surface area contributed by atoms with E-state index in [0.29, 0.717) is 28.5 Å². The van der Waals surface area contributed by atoms with Crippen LogP contribution in [0.1, 0.15) is 37.2 Å². The van der Waals surface area contributed by atoms with Gasteiger partial charge in [-0.3, -0.25) is 29.4 Å². The number of carbonyl (C=O) groups excluding carboxylic acids is 4. The van der Waals surface area contributed by atoms with Crippen molar-refractivity contribution in [1.82, 2.24) is 20.3 Å². The van der Waals surface area contributed by atoms with Crippen molar-refractivity contribution >= 4 is 56.0 Å². The van der Waals surface area contributed by atoms with E-state index in [-0.39, 0.29) is 54.6 Å². The average Bonchev–Trinajstić information content (AvgIpc) is 3.34. The molecular formula is C33H37FN6O8S. The fraction of sp³-hybridized carbons (Fsp3) is 0.394. The summed E-state index contributed by atoms with van der Waals surface area (Å²) in [7, 11) is -2.48. The highest BCUT2D eigenvalue weighted by molar-refractivity contribution is 7.92. The average molecular weight is 697 g/mol. The van der Waals surface area contributed by atoms with E-state index in [1.807, 2.05) is 24.1 Å². The second-order valence-electron chi connectivity index (χ2n) is 12.4. The number of amides is 4. The van der Waals surface area contributed by atoms with Gasteiger partial charge in [0, 0.05) is 24.5 Å². The Morgan fingerprint density at radius 3 is 2.47 bits per heavy atom. The predicted molar refractivity (Wildman–Crippen MR) is 178 cm³/mol. The first kappa shape index (κ1) is 33.9. The number of hydrogen-bond donors (Lipinski definition) is 4. The van der Waals surface area contributed by atoms with E-state index in [1.54, 1.807) is 10.8 Å². The van der Waals surface area contributed by atoms with Crippen LogP contribution >= 0.6 is 0 Å². The summed E-state index contributed by atoms with van der Waals surface area (Å²) in [5, 5.41) is 15.9. The molecule has 14 nitrogen and oxygen atoms in total. The minimum atomic E-state index is -4.34. The lowest BCUT2D eigenvalue weighted by molar-refractivity contribution is -0.134. The first-order valence-electron chi connectivity index (χ1n) is 16.0. The number of piperidine rings is 2. The molecule has 3 aliphatic heterocycles. The predicted octanol–water partition coefficient (Wildman–Crippen LogP) is 1.48. The topological polar surface area (TPSA) is 178 Å². The number of carbonyl (C=O) groups is 4. The molecule has 0 aromatic heterocycles. The number of ether oxygens (including phenoxy) is 1. The summed E-state index contributed by atoms with van der Waals surface area (Å²) in [5.74, 6) is -2.53. The van der Waals surface area contributed by atoms with Gasteiger partial charge in [-0.05, 0) is 79.6 Å². The molecule has 3 aliphatic rings. The maximum atomic E-state index is 15.5. The van der Waals surface area contributed by atoms with E-state index in [0.717, 1.165) is 31.6 Å². The Hall–Kier alpha value is -4.96. The molecule has 0 saturated carbocycles. The zero-order valence-electron chi connectivity index (χ0n) is 26.8. The van der Waals surface area contributed by atoms with Gasteiger partial charge in [0.05, 0.1) is 13.1 Å². The first-order chi connectivity index (χ1) is 23.4. The van der Waals surface area contributed by atoms with Gasteiger partial charge in [-0.1, -0.05) is 18.2 Å². The molecule has 1 atom stereocenters. The van der Waals surface area contributed by atoms with Crippen molar-refractivity contribution in [3.63, 3.8) is 0 Å². The number of imide groups is 1. The third kappa shape index (κ3) is 7.39. The minimum absolute atomic E-state index is 0.0113. The van der Waals surface area contributed by atoms with Crippen LogP contribution in [0.5, 0.6) is 11.5 Å². The maximum absolute atomic E-state index is 15.5. The van der Waals surface area contributed by atoms with Gasteiger partial charge in [0.2, 0.25) is 17.7 Å². The van der Waals surface area contributed by atoms with Crippen LogP contribution in [-0.2, 0) is 29.4 Å². The van der Waals surface area contributed by atoms with Crippen LogP contribution in [0.15, 0.2) is 48.5 Å². The maximum Gasteiger partial charge on any atom is 0.326 e. The number of hydrogen-bond acceptors (Lipinski definition) is 10. The molecule has 4 N–H and O–H groups in total. The first-order valence-corrected chi connectivity index (χ1v) is 17.4. The SMILES string of the molecule is CN(c1ccc(C2CCN(CC(=O)NCCOc3ccc4cc(O)c(N5CC(=O)NS5(=O)=O)c(F)c4c3)CC2)cc1)C1CCC(=O)NC1=O. The number of benzene rings is 3. The van der Waals surface area contributed by atoms with Gasteiger partial charge >= 0.3 is 10.2 Å². The number of halogens is 1. The number of likely N-dealkylation sites (tertiary alicyclic amines) is 1. The largest absolute Gasteiger partial charge is 0.506 e. The number of fused-ring (bicyclic) bond motifs is 1. The monoisotopic (exact) mass is 696 g/mol. The molecule has 49 heavy (non-hydrogen) atoms. The smallest absolute Gasteiger partial charge is 0.326 e. The fourth-order valence-corrected chi connectivity index (χ4v) is 7.70.